The molecule has 6 nitrogen and oxygen atoms in total. The van der Waals surface area contributed by atoms with Crippen LogP contribution in [0.1, 0.15) is 69.3 Å². The molecule has 0 saturated carbocycles. The molecule has 1 aromatic carbocycles. The Kier molecular flexibility index (Phi) is 8.72. The number of hydrogen-bond donors (Lipinski definition) is 1. The lowest BCUT2D eigenvalue weighted by Crippen LogP contribution is -2.48. The second-order valence-corrected chi connectivity index (χ2v) is 10.4. The first-order valence-corrected chi connectivity index (χ1v) is 12.4. The first-order valence-electron chi connectivity index (χ1n) is 12.4. The van der Waals surface area contributed by atoms with Gasteiger partial charge in [0, 0.05) is 63.8 Å². The lowest BCUT2D eigenvalue weighted by atomic mass is 9.86. The fraction of sp³-hybridized carbons (Fsp3) is 0.692. The summed E-state index contributed by atoms with van der Waals surface area (Å²) in [6.45, 7) is 15.1. The predicted molar refractivity (Wildman–Crippen MR) is 130 cm³/mol. The first kappa shape index (κ1) is 24.7. The molecule has 1 unspecified atom stereocenters. The summed E-state index contributed by atoms with van der Waals surface area (Å²) in [6, 6.07) is 8.57. The highest BCUT2D eigenvalue weighted by molar-refractivity contribution is 5.94. The number of piperazine rings is 1. The molecule has 2 heterocycles. The van der Waals surface area contributed by atoms with Crippen molar-refractivity contribution in [3.05, 3.63) is 35.4 Å². The molecular formula is C26H42N4O2. The molecule has 2 aliphatic rings. The molecule has 1 aromatic rings. The predicted octanol–water partition coefficient (Wildman–Crippen LogP) is 3.12. The molecule has 1 atom stereocenters. The molecule has 178 valence electrons. The van der Waals surface area contributed by atoms with Gasteiger partial charge >= 0.3 is 0 Å². The van der Waals surface area contributed by atoms with Crippen LogP contribution in [0, 0.1) is 0 Å². The van der Waals surface area contributed by atoms with Gasteiger partial charge in [0.2, 0.25) is 5.91 Å². The molecule has 0 bridgehead atoms. The van der Waals surface area contributed by atoms with Crippen LogP contribution in [0.25, 0.3) is 0 Å². The summed E-state index contributed by atoms with van der Waals surface area (Å²) in [6.07, 6.45) is 4.14. The van der Waals surface area contributed by atoms with Crippen LogP contribution in [-0.4, -0.2) is 84.9 Å². The van der Waals surface area contributed by atoms with Crippen LogP contribution in [0.3, 0.4) is 0 Å². The van der Waals surface area contributed by atoms with E-state index in [4.69, 9.17) is 0 Å². The summed E-state index contributed by atoms with van der Waals surface area (Å²) in [5, 5.41) is 3.29. The summed E-state index contributed by atoms with van der Waals surface area (Å²) in [7, 11) is 0. The Bertz CT molecular complexity index is 750. The SMILES string of the molecule is CC1CCCCN1CCN(CCC(=O)N1CCNCC1)C(=O)c1ccc(C(C)(C)C)cc1. The normalized spacial score (nSPS) is 20.2. The van der Waals surface area contributed by atoms with Crippen molar-refractivity contribution in [2.75, 3.05) is 52.4 Å². The molecule has 32 heavy (non-hydrogen) atoms. The van der Waals surface area contributed by atoms with Gasteiger partial charge in [-0.1, -0.05) is 39.3 Å². The zero-order chi connectivity index (χ0) is 23.1. The van der Waals surface area contributed by atoms with Crippen LogP contribution in [0.2, 0.25) is 0 Å². The van der Waals surface area contributed by atoms with E-state index in [-0.39, 0.29) is 17.2 Å². The van der Waals surface area contributed by atoms with Gasteiger partial charge in [-0.2, -0.15) is 0 Å². The van der Waals surface area contributed by atoms with Crippen LogP contribution in [-0.2, 0) is 10.2 Å². The zero-order valence-corrected chi connectivity index (χ0v) is 20.5. The van der Waals surface area contributed by atoms with Gasteiger partial charge in [0.05, 0.1) is 0 Å². The van der Waals surface area contributed by atoms with Crippen molar-refractivity contribution in [2.24, 2.45) is 0 Å². The van der Waals surface area contributed by atoms with Gasteiger partial charge < -0.3 is 15.1 Å². The van der Waals surface area contributed by atoms with Crippen molar-refractivity contribution in [2.45, 2.75) is 64.8 Å². The number of benzene rings is 1. The molecule has 1 N–H and O–H groups in total. The summed E-state index contributed by atoms with van der Waals surface area (Å²) in [4.78, 5) is 32.5. The van der Waals surface area contributed by atoms with E-state index in [0.717, 1.165) is 39.3 Å². The lowest BCUT2D eigenvalue weighted by Gasteiger charge is -2.35. The van der Waals surface area contributed by atoms with E-state index < -0.39 is 0 Å². The maximum absolute atomic E-state index is 13.4. The molecule has 2 saturated heterocycles. The highest BCUT2D eigenvalue weighted by Crippen LogP contribution is 2.23. The monoisotopic (exact) mass is 442 g/mol. The van der Waals surface area contributed by atoms with E-state index >= 15 is 0 Å². The number of carbonyl (C=O) groups is 2. The van der Waals surface area contributed by atoms with Gasteiger partial charge in [-0.15, -0.1) is 0 Å². The van der Waals surface area contributed by atoms with Gasteiger partial charge in [-0.05, 0) is 49.4 Å². The number of likely N-dealkylation sites (tertiary alicyclic amines) is 1. The number of amides is 2. The van der Waals surface area contributed by atoms with Crippen molar-refractivity contribution < 1.29 is 9.59 Å². The van der Waals surface area contributed by atoms with Gasteiger partial charge in [0.15, 0.2) is 0 Å². The second-order valence-electron chi connectivity index (χ2n) is 10.4. The summed E-state index contributed by atoms with van der Waals surface area (Å²) >= 11 is 0. The summed E-state index contributed by atoms with van der Waals surface area (Å²) in [5.41, 5.74) is 1.98. The third-order valence-electron chi connectivity index (χ3n) is 6.95. The second kappa shape index (κ2) is 11.3. The highest BCUT2D eigenvalue weighted by Gasteiger charge is 2.24. The van der Waals surface area contributed by atoms with Crippen LogP contribution >= 0.6 is 0 Å². The number of nitrogens with one attached hydrogen (secondary N) is 1. The zero-order valence-electron chi connectivity index (χ0n) is 20.5. The third kappa shape index (κ3) is 6.79. The minimum absolute atomic E-state index is 0.0308. The number of piperidine rings is 1. The lowest BCUT2D eigenvalue weighted by molar-refractivity contribution is -0.131. The van der Waals surface area contributed by atoms with E-state index in [1.807, 2.05) is 21.9 Å². The highest BCUT2D eigenvalue weighted by atomic mass is 16.2. The smallest absolute Gasteiger partial charge is 0.253 e. The average Bonchev–Trinajstić information content (AvgIpc) is 2.79. The van der Waals surface area contributed by atoms with Crippen molar-refractivity contribution in [3.8, 4) is 0 Å². The largest absolute Gasteiger partial charge is 0.340 e. The maximum atomic E-state index is 13.4. The van der Waals surface area contributed by atoms with Crippen molar-refractivity contribution in [1.82, 2.24) is 20.0 Å². The topological polar surface area (TPSA) is 55.9 Å². The Hall–Kier alpha value is -1.92. The molecule has 3 rings (SSSR count). The molecule has 2 fully saturated rings. The molecule has 0 aliphatic carbocycles. The Morgan fingerprint density at radius 3 is 2.34 bits per heavy atom. The van der Waals surface area contributed by atoms with Gasteiger partial charge in [-0.25, -0.2) is 0 Å². The summed E-state index contributed by atoms with van der Waals surface area (Å²) < 4.78 is 0. The maximum Gasteiger partial charge on any atom is 0.253 e. The standard InChI is InChI=1S/C26H42N4O2/c1-21-7-5-6-15-28(21)19-20-30(16-12-24(31)29-17-13-27-14-18-29)25(32)22-8-10-23(11-9-22)26(2,3)4/h8-11,21,27H,5-7,12-20H2,1-4H3. The van der Waals surface area contributed by atoms with Crippen molar-refractivity contribution >= 4 is 11.8 Å². The van der Waals surface area contributed by atoms with Crippen molar-refractivity contribution in [1.29, 1.82) is 0 Å². The molecule has 2 amide bonds. The van der Waals surface area contributed by atoms with E-state index in [1.165, 1.54) is 24.8 Å². The number of nitrogens with zero attached hydrogens (tertiary/aromatic N) is 3. The van der Waals surface area contributed by atoms with Crippen LogP contribution in [0.5, 0.6) is 0 Å². The number of carbonyl (C=O) groups excluding carboxylic acids is 2. The van der Waals surface area contributed by atoms with E-state index in [1.54, 1.807) is 0 Å². The van der Waals surface area contributed by atoms with E-state index in [2.05, 4.69) is 50.0 Å². The minimum atomic E-state index is 0.0308. The number of rotatable bonds is 7. The molecule has 0 radical (unpaired) electrons. The number of hydrogen-bond acceptors (Lipinski definition) is 4. The van der Waals surface area contributed by atoms with Crippen molar-refractivity contribution in [3.63, 3.8) is 0 Å². The summed E-state index contributed by atoms with van der Waals surface area (Å²) in [5.74, 6) is 0.182. The molecule has 6 heteroatoms. The fourth-order valence-corrected chi connectivity index (χ4v) is 4.65. The molecule has 0 spiro atoms. The average molecular weight is 443 g/mol. The quantitative estimate of drug-likeness (QED) is 0.705. The van der Waals surface area contributed by atoms with Gasteiger partial charge in [0.1, 0.15) is 0 Å². The van der Waals surface area contributed by atoms with E-state index in [9.17, 15) is 9.59 Å². The Morgan fingerprint density at radius 1 is 1.03 bits per heavy atom. The molecule has 0 aromatic heterocycles. The van der Waals surface area contributed by atoms with Crippen LogP contribution in [0.15, 0.2) is 24.3 Å². The Morgan fingerprint density at radius 2 is 1.72 bits per heavy atom. The molecule has 2 aliphatic heterocycles. The van der Waals surface area contributed by atoms with Gasteiger partial charge in [0.25, 0.3) is 5.91 Å². The Balaban J connectivity index is 1.66. The van der Waals surface area contributed by atoms with Crippen LogP contribution in [0.4, 0.5) is 0 Å². The molecular weight excluding hydrogens is 400 g/mol. The van der Waals surface area contributed by atoms with Gasteiger partial charge in [-0.3, -0.25) is 14.5 Å². The Labute approximate surface area is 194 Å². The van der Waals surface area contributed by atoms with Crippen LogP contribution < -0.4 is 5.32 Å². The van der Waals surface area contributed by atoms with E-state index in [0.29, 0.717) is 31.1 Å². The first-order chi connectivity index (χ1) is 15.3. The minimum Gasteiger partial charge on any atom is -0.340 e. The fourth-order valence-electron chi connectivity index (χ4n) is 4.65. The third-order valence-corrected chi connectivity index (χ3v) is 6.95.